The summed E-state index contributed by atoms with van der Waals surface area (Å²) in [6.07, 6.45) is 3.48. The summed E-state index contributed by atoms with van der Waals surface area (Å²) in [5.74, 6) is -0.595. The normalized spacial score (nSPS) is 13.7. The van der Waals surface area contributed by atoms with Crippen molar-refractivity contribution in [2.24, 2.45) is 0 Å². The van der Waals surface area contributed by atoms with E-state index in [9.17, 15) is 9.59 Å². The second kappa shape index (κ2) is 12.1. The summed E-state index contributed by atoms with van der Waals surface area (Å²) in [7, 11) is 1.56. The Bertz CT molecular complexity index is 1050. The molecule has 1 aliphatic heterocycles. The molecule has 0 aromatic heterocycles. The summed E-state index contributed by atoms with van der Waals surface area (Å²) in [6, 6.07) is 15.3. The van der Waals surface area contributed by atoms with Gasteiger partial charge in [-0.25, -0.2) is 9.59 Å². The van der Waals surface area contributed by atoms with Gasteiger partial charge in [0, 0.05) is 18.4 Å². The maximum atomic E-state index is 13.0. The summed E-state index contributed by atoms with van der Waals surface area (Å²) in [5, 5.41) is 0. The first-order chi connectivity index (χ1) is 16.9. The van der Waals surface area contributed by atoms with E-state index >= 15 is 0 Å². The highest BCUT2D eigenvalue weighted by Crippen LogP contribution is 2.41. The van der Waals surface area contributed by atoms with Crippen LogP contribution in [-0.2, 0) is 25.7 Å². The van der Waals surface area contributed by atoms with Gasteiger partial charge in [0.25, 0.3) is 0 Å². The molecule has 1 aliphatic rings. The van der Waals surface area contributed by atoms with Crippen molar-refractivity contribution in [3.8, 4) is 11.5 Å². The summed E-state index contributed by atoms with van der Waals surface area (Å²) < 4.78 is 22.3. The fourth-order valence-electron chi connectivity index (χ4n) is 3.82. The van der Waals surface area contributed by atoms with E-state index in [1.54, 1.807) is 45.5 Å². The number of carbonyl (C=O) groups is 2. The van der Waals surface area contributed by atoms with Crippen LogP contribution >= 0.6 is 0 Å². The number of ether oxygens (including phenoxy) is 4. The lowest BCUT2D eigenvalue weighted by Gasteiger charge is -2.32. The van der Waals surface area contributed by atoms with Crippen molar-refractivity contribution in [2.45, 2.75) is 46.3 Å². The third-order valence-electron chi connectivity index (χ3n) is 5.58. The largest absolute Gasteiger partial charge is 0.493 e. The molecule has 0 atom stereocenters. The van der Waals surface area contributed by atoms with E-state index < -0.39 is 17.9 Å². The molecule has 0 bridgehead atoms. The molecule has 0 saturated heterocycles. The van der Waals surface area contributed by atoms with Crippen molar-refractivity contribution in [1.29, 1.82) is 0 Å². The molecule has 1 heterocycles. The molecule has 7 nitrogen and oxygen atoms in total. The number of esters is 2. The number of nitrogens with zero attached hydrogens (tertiary/aromatic N) is 1. The first-order valence-corrected chi connectivity index (χ1v) is 11.8. The minimum Gasteiger partial charge on any atom is -0.493 e. The number of hydrogen-bond donors (Lipinski definition) is 0. The third-order valence-corrected chi connectivity index (χ3v) is 5.58. The van der Waals surface area contributed by atoms with Crippen LogP contribution in [0.1, 0.15) is 44.7 Å². The van der Waals surface area contributed by atoms with Crippen LogP contribution in [0.25, 0.3) is 0 Å². The number of hydrogen-bond acceptors (Lipinski definition) is 7. The lowest BCUT2D eigenvalue weighted by atomic mass is 9.83. The van der Waals surface area contributed by atoms with Crippen molar-refractivity contribution in [1.82, 2.24) is 4.90 Å². The van der Waals surface area contributed by atoms with E-state index in [2.05, 4.69) is 0 Å². The zero-order valence-electron chi connectivity index (χ0n) is 20.9. The molecule has 0 N–H and O–H groups in total. The van der Waals surface area contributed by atoms with Crippen LogP contribution in [0.5, 0.6) is 11.5 Å². The van der Waals surface area contributed by atoms with E-state index in [1.807, 2.05) is 55.1 Å². The van der Waals surface area contributed by atoms with E-state index in [0.717, 1.165) is 5.56 Å². The summed E-state index contributed by atoms with van der Waals surface area (Å²) in [6.45, 7) is 8.27. The summed E-state index contributed by atoms with van der Waals surface area (Å²) in [4.78, 5) is 27.8. The van der Waals surface area contributed by atoms with Gasteiger partial charge in [-0.1, -0.05) is 36.4 Å². The van der Waals surface area contributed by atoms with Gasteiger partial charge in [-0.15, -0.1) is 0 Å². The first-order valence-electron chi connectivity index (χ1n) is 11.8. The topological polar surface area (TPSA) is 74.3 Å². The van der Waals surface area contributed by atoms with E-state index in [1.165, 1.54) is 0 Å². The smallest absolute Gasteiger partial charge is 0.336 e. The predicted molar refractivity (Wildman–Crippen MR) is 133 cm³/mol. The maximum Gasteiger partial charge on any atom is 0.336 e. The van der Waals surface area contributed by atoms with Crippen LogP contribution < -0.4 is 9.47 Å². The Morgan fingerprint density at radius 2 is 1.49 bits per heavy atom. The van der Waals surface area contributed by atoms with Gasteiger partial charge >= 0.3 is 11.9 Å². The third kappa shape index (κ3) is 6.23. The maximum absolute atomic E-state index is 13.0. The molecule has 0 fully saturated rings. The van der Waals surface area contributed by atoms with Crippen LogP contribution in [0, 0.1) is 0 Å². The second-order valence-corrected chi connectivity index (χ2v) is 8.27. The number of carbonyl (C=O) groups excluding carboxylic acids is 2. The van der Waals surface area contributed by atoms with Gasteiger partial charge < -0.3 is 23.8 Å². The highest BCUT2D eigenvalue weighted by molar-refractivity contribution is 5.98. The molecule has 0 spiro atoms. The Hall–Kier alpha value is -3.74. The standard InChI is InChI=1S/C28H33NO6/c1-6-33-27(30)22-16-29(19(3)4)17-23(28(31)34-7-2)26(22)21-13-14-24(25(15-21)32-5)35-18-20-11-9-8-10-12-20/h8-17,19,26H,6-7,18H2,1-5H3. The van der Waals surface area contributed by atoms with E-state index in [4.69, 9.17) is 18.9 Å². The fourth-order valence-corrected chi connectivity index (χ4v) is 3.82. The lowest BCUT2D eigenvalue weighted by Crippen LogP contribution is -2.32. The monoisotopic (exact) mass is 479 g/mol. The summed E-state index contributed by atoms with van der Waals surface area (Å²) in [5.41, 5.74) is 2.42. The Morgan fingerprint density at radius 1 is 0.886 bits per heavy atom. The average molecular weight is 480 g/mol. The Balaban J connectivity index is 2.02. The quantitative estimate of drug-likeness (QED) is 0.445. The predicted octanol–water partition coefficient (Wildman–Crippen LogP) is 4.98. The van der Waals surface area contributed by atoms with Crippen LogP contribution in [0.4, 0.5) is 0 Å². The van der Waals surface area contributed by atoms with Crippen LogP contribution in [-0.4, -0.2) is 43.2 Å². The van der Waals surface area contributed by atoms with E-state index in [0.29, 0.717) is 34.8 Å². The highest BCUT2D eigenvalue weighted by Gasteiger charge is 2.36. The highest BCUT2D eigenvalue weighted by atomic mass is 16.5. The zero-order valence-corrected chi connectivity index (χ0v) is 20.9. The number of methoxy groups -OCH3 is 1. The first kappa shape index (κ1) is 25.9. The molecule has 0 saturated carbocycles. The molecule has 35 heavy (non-hydrogen) atoms. The van der Waals surface area contributed by atoms with Crippen LogP contribution in [0.3, 0.4) is 0 Å². The van der Waals surface area contributed by atoms with Gasteiger partial charge in [-0.3, -0.25) is 0 Å². The lowest BCUT2D eigenvalue weighted by molar-refractivity contribution is -0.139. The Kier molecular flexibility index (Phi) is 8.95. The average Bonchev–Trinajstić information content (AvgIpc) is 2.87. The SMILES string of the molecule is CCOC(=O)C1=CN(C(C)C)C=C(C(=O)OCC)C1c1ccc(OCc2ccccc2)c(OC)c1. The molecule has 3 rings (SSSR count). The second-order valence-electron chi connectivity index (χ2n) is 8.27. The van der Waals surface area contributed by atoms with Crippen molar-refractivity contribution in [3.05, 3.63) is 83.2 Å². The fraction of sp³-hybridized carbons (Fsp3) is 0.357. The molecule has 0 aliphatic carbocycles. The number of rotatable bonds is 10. The van der Waals surface area contributed by atoms with Crippen molar-refractivity contribution >= 4 is 11.9 Å². The molecule has 0 radical (unpaired) electrons. The van der Waals surface area contributed by atoms with Gasteiger partial charge in [0.05, 0.1) is 37.4 Å². The minimum atomic E-state index is -0.680. The molecule has 7 heteroatoms. The van der Waals surface area contributed by atoms with Crippen LogP contribution in [0.2, 0.25) is 0 Å². The molecule has 2 aromatic rings. The van der Waals surface area contributed by atoms with Gasteiger partial charge in [0.2, 0.25) is 0 Å². The van der Waals surface area contributed by atoms with E-state index in [-0.39, 0.29) is 19.3 Å². The molecule has 0 unspecified atom stereocenters. The van der Waals surface area contributed by atoms with Gasteiger partial charge in [-0.05, 0) is 51.0 Å². The summed E-state index contributed by atoms with van der Waals surface area (Å²) >= 11 is 0. The Morgan fingerprint density at radius 3 is 2.00 bits per heavy atom. The van der Waals surface area contributed by atoms with Gasteiger partial charge in [0.1, 0.15) is 6.61 Å². The Labute approximate surface area is 206 Å². The molecule has 0 amide bonds. The molecular weight excluding hydrogens is 446 g/mol. The number of benzene rings is 2. The van der Waals surface area contributed by atoms with Gasteiger partial charge in [-0.2, -0.15) is 0 Å². The molecule has 186 valence electrons. The van der Waals surface area contributed by atoms with Crippen molar-refractivity contribution < 1.29 is 28.5 Å². The molecular formula is C28H33NO6. The minimum absolute atomic E-state index is 0.0214. The molecule has 2 aromatic carbocycles. The zero-order chi connectivity index (χ0) is 25.4. The van der Waals surface area contributed by atoms with Crippen molar-refractivity contribution in [2.75, 3.05) is 20.3 Å². The van der Waals surface area contributed by atoms with Gasteiger partial charge in [0.15, 0.2) is 11.5 Å². The van der Waals surface area contributed by atoms with Crippen molar-refractivity contribution in [3.63, 3.8) is 0 Å². The van der Waals surface area contributed by atoms with Crippen LogP contribution in [0.15, 0.2) is 72.1 Å².